The number of nitrogens with zero attached hydrogens (tertiary/aromatic N) is 3. The lowest BCUT2D eigenvalue weighted by Crippen LogP contribution is -2.02. The molecule has 2 aromatic heterocycles. The van der Waals surface area contributed by atoms with Gasteiger partial charge in [-0.3, -0.25) is 4.68 Å². The van der Waals surface area contributed by atoms with E-state index in [9.17, 15) is 4.79 Å². The van der Waals surface area contributed by atoms with Crippen LogP contribution in [-0.2, 0) is 6.54 Å². The molecule has 2 heterocycles. The van der Waals surface area contributed by atoms with E-state index in [2.05, 4.69) is 10.1 Å². The van der Waals surface area contributed by atoms with Crippen molar-refractivity contribution in [3.8, 4) is 11.1 Å². The van der Waals surface area contributed by atoms with Crippen LogP contribution in [0.1, 0.15) is 17.4 Å². The molecule has 0 aliphatic rings. The molecule has 1 N–H and O–H groups in total. The molecular formula is C11H11N3O2. The van der Waals surface area contributed by atoms with Crippen molar-refractivity contribution < 1.29 is 9.90 Å². The Labute approximate surface area is 92.4 Å². The van der Waals surface area contributed by atoms with Gasteiger partial charge in [-0.2, -0.15) is 5.10 Å². The van der Waals surface area contributed by atoms with E-state index in [1.165, 1.54) is 6.20 Å². The highest BCUT2D eigenvalue weighted by molar-refractivity contribution is 5.93. The van der Waals surface area contributed by atoms with Crippen molar-refractivity contribution in [1.29, 1.82) is 0 Å². The third-order valence-corrected chi connectivity index (χ3v) is 2.28. The van der Waals surface area contributed by atoms with Gasteiger partial charge in [0.15, 0.2) is 5.69 Å². The summed E-state index contributed by atoms with van der Waals surface area (Å²) in [6.07, 6.45) is 4.92. The Balaban J connectivity index is 2.50. The summed E-state index contributed by atoms with van der Waals surface area (Å²) < 4.78 is 1.74. The Morgan fingerprint density at radius 2 is 2.38 bits per heavy atom. The zero-order valence-corrected chi connectivity index (χ0v) is 8.79. The number of pyridine rings is 1. The van der Waals surface area contributed by atoms with E-state index in [1.54, 1.807) is 23.0 Å². The number of aromatic nitrogens is 3. The fraction of sp³-hybridized carbons (Fsp3) is 0.182. The maximum absolute atomic E-state index is 11.0. The fourth-order valence-corrected chi connectivity index (χ4v) is 1.48. The average molecular weight is 217 g/mol. The minimum atomic E-state index is -1.03. The maximum Gasteiger partial charge on any atom is 0.355 e. The second-order valence-electron chi connectivity index (χ2n) is 3.29. The molecule has 0 amide bonds. The van der Waals surface area contributed by atoms with Crippen LogP contribution >= 0.6 is 0 Å². The molecule has 0 aliphatic carbocycles. The Hall–Kier alpha value is -2.17. The van der Waals surface area contributed by atoms with Crippen molar-refractivity contribution in [2.75, 3.05) is 0 Å². The molecule has 0 spiro atoms. The number of carbonyl (C=O) groups is 1. The van der Waals surface area contributed by atoms with Gasteiger partial charge in [0.1, 0.15) is 0 Å². The molecule has 82 valence electrons. The largest absolute Gasteiger partial charge is 0.476 e. The van der Waals surface area contributed by atoms with Crippen LogP contribution in [0, 0.1) is 0 Å². The quantitative estimate of drug-likeness (QED) is 0.849. The van der Waals surface area contributed by atoms with E-state index < -0.39 is 5.97 Å². The fourth-order valence-electron chi connectivity index (χ4n) is 1.48. The minimum absolute atomic E-state index is 0.0538. The molecule has 0 radical (unpaired) electrons. The summed E-state index contributed by atoms with van der Waals surface area (Å²) in [5.74, 6) is -1.03. The van der Waals surface area contributed by atoms with Gasteiger partial charge in [-0.1, -0.05) is 6.07 Å². The van der Waals surface area contributed by atoms with E-state index in [4.69, 9.17) is 5.11 Å². The second-order valence-corrected chi connectivity index (χ2v) is 3.29. The third kappa shape index (κ3) is 1.79. The first-order valence-corrected chi connectivity index (χ1v) is 4.93. The number of rotatable bonds is 3. The van der Waals surface area contributed by atoms with Gasteiger partial charge in [0.25, 0.3) is 0 Å². The molecular weight excluding hydrogens is 206 g/mol. The maximum atomic E-state index is 11.0. The molecule has 0 bridgehead atoms. The first-order chi connectivity index (χ1) is 7.72. The van der Waals surface area contributed by atoms with Crippen LogP contribution in [0.15, 0.2) is 30.7 Å². The summed E-state index contributed by atoms with van der Waals surface area (Å²) in [6.45, 7) is 2.72. The van der Waals surface area contributed by atoms with Gasteiger partial charge in [0, 0.05) is 30.1 Å². The number of hydrogen-bond acceptors (Lipinski definition) is 3. The summed E-state index contributed by atoms with van der Waals surface area (Å²) in [7, 11) is 0. The summed E-state index contributed by atoms with van der Waals surface area (Å²) in [5, 5.41) is 13.1. The number of hydrogen-bond donors (Lipinski definition) is 1. The van der Waals surface area contributed by atoms with E-state index in [-0.39, 0.29) is 5.69 Å². The molecule has 5 nitrogen and oxygen atoms in total. The van der Waals surface area contributed by atoms with E-state index in [0.717, 1.165) is 12.1 Å². The molecule has 0 aliphatic heterocycles. The zero-order chi connectivity index (χ0) is 11.5. The molecule has 0 saturated heterocycles. The van der Waals surface area contributed by atoms with Crippen molar-refractivity contribution in [1.82, 2.24) is 14.8 Å². The van der Waals surface area contributed by atoms with Crippen molar-refractivity contribution in [2.45, 2.75) is 13.5 Å². The molecule has 0 aromatic carbocycles. The van der Waals surface area contributed by atoms with Gasteiger partial charge < -0.3 is 5.11 Å². The van der Waals surface area contributed by atoms with E-state index >= 15 is 0 Å². The van der Waals surface area contributed by atoms with Gasteiger partial charge in [-0.15, -0.1) is 0 Å². The predicted molar refractivity (Wildman–Crippen MR) is 58.1 cm³/mol. The summed E-state index contributed by atoms with van der Waals surface area (Å²) in [6, 6.07) is 3.44. The topological polar surface area (TPSA) is 68.0 Å². The number of aryl methyl sites for hydroxylation is 1. The highest BCUT2D eigenvalue weighted by atomic mass is 16.4. The molecule has 0 unspecified atom stereocenters. The third-order valence-electron chi connectivity index (χ3n) is 2.28. The molecule has 0 atom stereocenters. The van der Waals surface area contributed by atoms with Crippen LogP contribution in [0.3, 0.4) is 0 Å². The monoisotopic (exact) mass is 217 g/mol. The van der Waals surface area contributed by atoms with Crippen LogP contribution in [0.2, 0.25) is 0 Å². The van der Waals surface area contributed by atoms with E-state index in [1.807, 2.05) is 13.1 Å². The lowest BCUT2D eigenvalue weighted by atomic mass is 10.1. The summed E-state index contributed by atoms with van der Waals surface area (Å²) >= 11 is 0. The zero-order valence-electron chi connectivity index (χ0n) is 8.79. The van der Waals surface area contributed by atoms with Crippen LogP contribution in [0.25, 0.3) is 11.1 Å². The first kappa shape index (κ1) is 10.4. The molecule has 2 aromatic rings. The van der Waals surface area contributed by atoms with Crippen molar-refractivity contribution in [2.24, 2.45) is 0 Å². The molecule has 5 heteroatoms. The van der Waals surface area contributed by atoms with Crippen LogP contribution in [0.4, 0.5) is 0 Å². The standard InChI is InChI=1S/C11H11N3O2/c1-2-14-7-8(6-13-14)9-4-3-5-12-10(9)11(15)16/h3-7H,2H2,1H3,(H,15,16). The van der Waals surface area contributed by atoms with Gasteiger partial charge >= 0.3 is 5.97 Å². The van der Waals surface area contributed by atoms with Gasteiger partial charge in [0.2, 0.25) is 0 Å². The minimum Gasteiger partial charge on any atom is -0.476 e. The SMILES string of the molecule is CCn1cc(-c2cccnc2C(=O)O)cn1. The molecule has 0 saturated carbocycles. The second kappa shape index (κ2) is 4.14. The average Bonchev–Trinajstić information content (AvgIpc) is 2.77. The lowest BCUT2D eigenvalue weighted by Gasteiger charge is -2.01. The smallest absolute Gasteiger partial charge is 0.355 e. The van der Waals surface area contributed by atoms with Crippen LogP contribution in [-0.4, -0.2) is 25.8 Å². The highest BCUT2D eigenvalue weighted by Gasteiger charge is 2.13. The van der Waals surface area contributed by atoms with Crippen LogP contribution in [0.5, 0.6) is 0 Å². The Kier molecular flexibility index (Phi) is 2.68. The Morgan fingerprint density at radius 1 is 1.56 bits per heavy atom. The van der Waals surface area contributed by atoms with Gasteiger partial charge in [-0.05, 0) is 13.0 Å². The normalized spacial score (nSPS) is 10.3. The van der Waals surface area contributed by atoms with Gasteiger partial charge in [-0.25, -0.2) is 9.78 Å². The molecule has 0 fully saturated rings. The number of carboxylic acid groups (broad SMARTS) is 1. The van der Waals surface area contributed by atoms with Crippen LogP contribution < -0.4 is 0 Å². The first-order valence-electron chi connectivity index (χ1n) is 4.93. The lowest BCUT2D eigenvalue weighted by molar-refractivity contribution is 0.0691. The van der Waals surface area contributed by atoms with Crippen molar-refractivity contribution in [3.05, 3.63) is 36.4 Å². The summed E-state index contributed by atoms with van der Waals surface area (Å²) in [4.78, 5) is 14.8. The number of aromatic carboxylic acids is 1. The summed E-state index contributed by atoms with van der Waals surface area (Å²) in [5.41, 5.74) is 1.42. The predicted octanol–water partition coefficient (Wildman–Crippen LogP) is 1.66. The van der Waals surface area contributed by atoms with Gasteiger partial charge in [0.05, 0.1) is 6.20 Å². The van der Waals surface area contributed by atoms with Crippen molar-refractivity contribution >= 4 is 5.97 Å². The Bertz CT molecular complexity index is 519. The van der Waals surface area contributed by atoms with Crippen molar-refractivity contribution in [3.63, 3.8) is 0 Å². The molecule has 2 rings (SSSR count). The highest BCUT2D eigenvalue weighted by Crippen LogP contribution is 2.21. The molecule has 16 heavy (non-hydrogen) atoms. The van der Waals surface area contributed by atoms with E-state index in [0.29, 0.717) is 5.56 Å². The number of carboxylic acids is 1. The Morgan fingerprint density at radius 3 is 3.00 bits per heavy atom.